The number of hydrogen-bond donors (Lipinski definition) is 3. The monoisotopic (exact) mass is 362 g/mol. The number of amides is 1. The van der Waals surface area contributed by atoms with Gasteiger partial charge < -0.3 is 29.4 Å². The van der Waals surface area contributed by atoms with Crippen molar-refractivity contribution in [2.75, 3.05) is 39.5 Å². The Morgan fingerprint density at radius 2 is 2.08 bits per heavy atom. The highest BCUT2D eigenvalue weighted by atomic mass is 35.5. The second kappa shape index (κ2) is 8.80. The number of nitrogens with zero attached hydrogens (tertiary/aromatic N) is 1. The summed E-state index contributed by atoms with van der Waals surface area (Å²) in [6, 6.07) is 2.94. The molecular weight excluding hydrogens is 340 g/mol. The molecule has 0 aromatic carbocycles. The number of rotatable bonds is 5. The number of carbonyl (C=O) groups excluding carboxylic acids is 1. The second-order valence-electron chi connectivity index (χ2n) is 5.71. The van der Waals surface area contributed by atoms with Gasteiger partial charge in [0.25, 0.3) is 5.91 Å². The lowest BCUT2D eigenvalue weighted by molar-refractivity contribution is -0.0220. The number of morpholine rings is 1. The summed E-state index contributed by atoms with van der Waals surface area (Å²) in [4.78, 5) is 14.1. The van der Waals surface area contributed by atoms with Crippen LogP contribution in [0.3, 0.4) is 0 Å². The molecule has 2 aliphatic heterocycles. The Morgan fingerprint density at radius 1 is 1.33 bits per heavy atom. The van der Waals surface area contributed by atoms with Gasteiger partial charge in [0.1, 0.15) is 12.2 Å². The summed E-state index contributed by atoms with van der Waals surface area (Å²) in [6.07, 6.45) is -0.417. The number of aliphatic hydroxyl groups excluding tert-OH is 2. The average molecular weight is 363 g/mol. The molecule has 3 heterocycles. The Labute approximate surface area is 146 Å². The topological polar surface area (TPSA) is 104 Å². The van der Waals surface area contributed by atoms with Crippen LogP contribution < -0.4 is 5.32 Å². The van der Waals surface area contributed by atoms with Crippen LogP contribution in [-0.2, 0) is 9.47 Å². The maximum Gasteiger partial charge on any atom is 0.287 e. The van der Waals surface area contributed by atoms with E-state index in [1.807, 2.05) is 0 Å². The van der Waals surface area contributed by atoms with Crippen LogP contribution in [0.15, 0.2) is 22.8 Å². The van der Waals surface area contributed by atoms with Crippen LogP contribution in [-0.4, -0.2) is 84.8 Å². The SMILES string of the molecule is Cl.O=C(NC[C@H]1O[C@@H](CO)[C@@H](O)[C@H]1N1CCOCC1)c1ccco1. The van der Waals surface area contributed by atoms with Crippen LogP contribution in [0.5, 0.6) is 0 Å². The first-order chi connectivity index (χ1) is 11.2. The standard InChI is InChI=1S/C15H22N2O6.ClH/c18-9-12-14(19)13(17-3-6-21-7-4-17)11(23-12)8-16-15(20)10-2-1-5-22-10;/h1-2,5,11-14,18-19H,3-4,6-9H2,(H,16,20);1H/t11-,12+,13+,14-;/m1./s1. The fourth-order valence-electron chi connectivity index (χ4n) is 3.16. The quantitative estimate of drug-likeness (QED) is 0.633. The summed E-state index contributed by atoms with van der Waals surface area (Å²) < 4.78 is 16.1. The molecular formula is C15H23ClN2O6. The lowest BCUT2D eigenvalue weighted by Gasteiger charge is -2.36. The van der Waals surface area contributed by atoms with Gasteiger partial charge in [-0.3, -0.25) is 9.69 Å². The van der Waals surface area contributed by atoms with Gasteiger partial charge in [0, 0.05) is 19.6 Å². The van der Waals surface area contributed by atoms with E-state index in [-0.39, 0.29) is 43.3 Å². The van der Waals surface area contributed by atoms with Crippen molar-refractivity contribution in [2.45, 2.75) is 24.4 Å². The predicted molar refractivity (Wildman–Crippen MR) is 86.2 cm³/mol. The van der Waals surface area contributed by atoms with E-state index in [9.17, 15) is 15.0 Å². The average Bonchev–Trinajstić information content (AvgIpc) is 3.21. The molecule has 0 radical (unpaired) electrons. The van der Waals surface area contributed by atoms with Crippen molar-refractivity contribution in [1.82, 2.24) is 10.2 Å². The van der Waals surface area contributed by atoms with Gasteiger partial charge in [-0.05, 0) is 12.1 Å². The highest BCUT2D eigenvalue weighted by Crippen LogP contribution is 2.26. The zero-order chi connectivity index (χ0) is 16.2. The largest absolute Gasteiger partial charge is 0.459 e. The molecule has 0 aliphatic carbocycles. The molecule has 0 spiro atoms. The van der Waals surface area contributed by atoms with Gasteiger partial charge in [0.2, 0.25) is 0 Å². The maximum absolute atomic E-state index is 12.0. The lowest BCUT2D eigenvalue weighted by atomic mass is 10.0. The van der Waals surface area contributed by atoms with Gasteiger partial charge in [-0.2, -0.15) is 0 Å². The molecule has 2 saturated heterocycles. The van der Waals surface area contributed by atoms with Crippen LogP contribution in [0.25, 0.3) is 0 Å². The van der Waals surface area contributed by atoms with Gasteiger partial charge in [-0.1, -0.05) is 0 Å². The molecule has 136 valence electrons. The van der Waals surface area contributed by atoms with Gasteiger partial charge in [0.15, 0.2) is 5.76 Å². The van der Waals surface area contributed by atoms with Gasteiger partial charge >= 0.3 is 0 Å². The zero-order valence-electron chi connectivity index (χ0n) is 13.2. The van der Waals surface area contributed by atoms with Crippen molar-refractivity contribution in [1.29, 1.82) is 0 Å². The Balaban J connectivity index is 0.00000208. The summed E-state index contributed by atoms with van der Waals surface area (Å²) in [7, 11) is 0. The van der Waals surface area contributed by atoms with E-state index in [1.165, 1.54) is 6.26 Å². The van der Waals surface area contributed by atoms with E-state index in [2.05, 4.69) is 10.2 Å². The minimum absolute atomic E-state index is 0. The summed E-state index contributed by atoms with van der Waals surface area (Å²) in [6.45, 7) is 2.54. The maximum atomic E-state index is 12.0. The normalized spacial score (nSPS) is 30.8. The van der Waals surface area contributed by atoms with Crippen LogP contribution in [0.2, 0.25) is 0 Å². The first kappa shape index (κ1) is 19.2. The van der Waals surface area contributed by atoms with Gasteiger partial charge in [-0.15, -0.1) is 12.4 Å². The van der Waals surface area contributed by atoms with Crippen molar-refractivity contribution in [3.8, 4) is 0 Å². The van der Waals surface area contributed by atoms with Crippen molar-refractivity contribution in [3.63, 3.8) is 0 Å². The van der Waals surface area contributed by atoms with Gasteiger partial charge in [0.05, 0.1) is 38.2 Å². The van der Waals surface area contributed by atoms with E-state index in [0.29, 0.717) is 26.3 Å². The van der Waals surface area contributed by atoms with Gasteiger partial charge in [-0.25, -0.2) is 0 Å². The number of carbonyl (C=O) groups is 1. The fraction of sp³-hybridized carbons (Fsp3) is 0.667. The van der Waals surface area contributed by atoms with Crippen LogP contribution in [0.1, 0.15) is 10.6 Å². The molecule has 1 aromatic heterocycles. The molecule has 1 aromatic rings. The molecule has 0 bridgehead atoms. The van der Waals surface area contributed by atoms with Crippen LogP contribution in [0, 0.1) is 0 Å². The second-order valence-corrected chi connectivity index (χ2v) is 5.71. The molecule has 4 atom stereocenters. The molecule has 3 N–H and O–H groups in total. The molecule has 0 unspecified atom stereocenters. The highest BCUT2D eigenvalue weighted by molar-refractivity contribution is 5.91. The number of ether oxygens (including phenoxy) is 2. The molecule has 8 nitrogen and oxygen atoms in total. The van der Waals surface area contributed by atoms with E-state index in [4.69, 9.17) is 13.9 Å². The molecule has 1 amide bonds. The molecule has 2 aliphatic rings. The molecule has 3 rings (SSSR count). The van der Waals surface area contributed by atoms with E-state index in [1.54, 1.807) is 12.1 Å². The highest BCUT2D eigenvalue weighted by Gasteiger charge is 2.46. The molecule has 9 heteroatoms. The molecule has 0 saturated carbocycles. The Morgan fingerprint density at radius 3 is 2.71 bits per heavy atom. The summed E-state index contributed by atoms with van der Waals surface area (Å²) >= 11 is 0. The van der Waals surface area contributed by atoms with Crippen molar-refractivity contribution >= 4 is 18.3 Å². The van der Waals surface area contributed by atoms with Crippen LogP contribution in [0.4, 0.5) is 0 Å². The number of aliphatic hydroxyl groups is 2. The minimum atomic E-state index is -0.802. The molecule has 2 fully saturated rings. The van der Waals surface area contributed by atoms with Crippen molar-refractivity contribution < 1.29 is 28.9 Å². The number of halogens is 1. The van der Waals surface area contributed by atoms with E-state index < -0.39 is 18.3 Å². The van der Waals surface area contributed by atoms with Crippen LogP contribution >= 0.6 is 12.4 Å². The number of hydrogen-bond acceptors (Lipinski definition) is 7. The predicted octanol–water partition coefficient (Wildman–Crippen LogP) is -0.747. The lowest BCUT2D eigenvalue weighted by Crippen LogP contribution is -2.54. The summed E-state index contributed by atoms with van der Waals surface area (Å²) in [5.41, 5.74) is 0. The fourth-order valence-corrected chi connectivity index (χ4v) is 3.16. The Kier molecular flexibility index (Phi) is 7.02. The molecule has 24 heavy (non-hydrogen) atoms. The summed E-state index contributed by atoms with van der Waals surface area (Å²) in [5.74, 6) is -0.105. The van der Waals surface area contributed by atoms with E-state index in [0.717, 1.165) is 0 Å². The summed E-state index contributed by atoms with van der Waals surface area (Å²) in [5, 5.41) is 22.5. The third-order valence-electron chi connectivity index (χ3n) is 4.32. The smallest absolute Gasteiger partial charge is 0.287 e. The van der Waals surface area contributed by atoms with Crippen molar-refractivity contribution in [2.24, 2.45) is 0 Å². The minimum Gasteiger partial charge on any atom is -0.459 e. The number of nitrogens with one attached hydrogen (secondary N) is 1. The third kappa shape index (κ3) is 4.08. The number of furan rings is 1. The van der Waals surface area contributed by atoms with E-state index >= 15 is 0 Å². The van der Waals surface area contributed by atoms with Crippen molar-refractivity contribution in [3.05, 3.63) is 24.2 Å². The Hall–Kier alpha value is -1.16. The first-order valence-electron chi connectivity index (χ1n) is 7.78. The zero-order valence-corrected chi connectivity index (χ0v) is 14.0. The Bertz CT molecular complexity index is 508. The third-order valence-corrected chi connectivity index (χ3v) is 4.32. The first-order valence-corrected chi connectivity index (χ1v) is 7.78.